The van der Waals surface area contributed by atoms with Gasteiger partial charge in [-0.25, -0.2) is 8.42 Å². The van der Waals surface area contributed by atoms with Gasteiger partial charge in [0, 0.05) is 12.2 Å². The molecule has 0 aliphatic carbocycles. The Morgan fingerprint density at radius 1 is 1.23 bits per heavy atom. The molecule has 0 unspecified atom stereocenters. The van der Waals surface area contributed by atoms with Gasteiger partial charge in [-0.3, -0.25) is 9.10 Å². The summed E-state index contributed by atoms with van der Waals surface area (Å²) < 4.78 is 30.7. The maximum atomic E-state index is 12.1. The molecule has 7 heteroatoms. The molecule has 3 rings (SSSR count). The lowest BCUT2D eigenvalue weighted by molar-refractivity contribution is -0.118. The van der Waals surface area contributed by atoms with E-state index in [1.54, 1.807) is 18.2 Å². The van der Waals surface area contributed by atoms with Gasteiger partial charge in [-0.2, -0.15) is 0 Å². The van der Waals surface area contributed by atoms with Gasteiger partial charge in [0.2, 0.25) is 10.0 Å². The summed E-state index contributed by atoms with van der Waals surface area (Å²) in [5, 5.41) is 2.80. The Labute approximate surface area is 153 Å². The van der Waals surface area contributed by atoms with Crippen LogP contribution < -0.4 is 14.4 Å². The van der Waals surface area contributed by atoms with Crippen molar-refractivity contribution in [2.45, 2.75) is 19.8 Å². The van der Waals surface area contributed by atoms with Crippen molar-refractivity contribution < 1.29 is 17.9 Å². The molecular formula is C19H22N2O4S. The number of aryl methyl sites for hydroxylation is 2. The molecular weight excluding hydrogens is 352 g/mol. The van der Waals surface area contributed by atoms with Crippen molar-refractivity contribution in [2.24, 2.45) is 0 Å². The zero-order valence-electron chi connectivity index (χ0n) is 14.9. The quantitative estimate of drug-likeness (QED) is 0.873. The summed E-state index contributed by atoms with van der Waals surface area (Å²) in [6, 6.07) is 12.8. The maximum Gasteiger partial charge on any atom is 0.262 e. The molecule has 0 spiro atoms. The van der Waals surface area contributed by atoms with E-state index in [4.69, 9.17) is 4.74 Å². The molecule has 26 heavy (non-hydrogen) atoms. The van der Waals surface area contributed by atoms with Gasteiger partial charge in [-0.15, -0.1) is 0 Å². The van der Waals surface area contributed by atoms with Crippen LogP contribution in [-0.4, -0.2) is 33.7 Å². The highest BCUT2D eigenvalue weighted by atomic mass is 32.2. The number of ether oxygens (including phenoxy) is 1. The highest BCUT2D eigenvalue weighted by molar-refractivity contribution is 7.92. The number of hydrogen-bond donors (Lipinski definition) is 1. The first-order valence-electron chi connectivity index (χ1n) is 8.43. The minimum Gasteiger partial charge on any atom is -0.484 e. The fourth-order valence-corrected chi connectivity index (χ4v) is 4.03. The summed E-state index contributed by atoms with van der Waals surface area (Å²) in [5.41, 5.74) is 3.30. The first kappa shape index (κ1) is 18.3. The van der Waals surface area contributed by atoms with Crippen molar-refractivity contribution in [1.82, 2.24) is 0 Å². The van der Waals surface area contributed by atoms with Crippen LogP contribution in [-0.2, 0) is 21.2 Å². The number of sulfonamides is 1. The number of carbonyl (C=O) groups is 1. The average Bonchev–Trinajstić information content (AvgIpc) is 2.58. The Morgan fingerprint density at radius 2 is 2.04 bits per heavy atom. The summed E-state index contributed by atoms with van der Waals surface area (Å²) in [6.45, 7) is 2.36. The molecule has 2 aromatic rings. The molecule has 1 heterocycles. The molecule has 2 aromatic carbocycles. The van der Waals surface area contributed by atoms with Gasteiger partial charge < -0.3 is 10.1 Å². The Kier molecular flexibility index (Phi) is 5.18. The van der Waals surface area contributed by atoms with E-state index >= 15 is 0 Å². The lowest BCUT2D eigenvalue weighted by Gasteiger charge is -2.29. The second-order valence-electron chi connectivity index (χ2n) is 6.44. The van der Waals surface area contributed by atoms with Gasteiger partial charge in [0.15, 0.2) is 6.61 Å². The molecule has 1 aliphatic rings. The lowest BCUT2D eigenvalue weighted by Crippen LogP contribution is -2.34. The van der Waals surface area contributed by atoms with Crippen LogP contribution in [0.4, 0.5) is 11.4 Å². The van der Waals surface area contributed by atoms with Gasteiger partial charge in [0.25, 0.3) is 5.91 Å². The van der Waals surface area contributed by atoms with Gasteiger partial charge >= 0.3 is 0 Å². The summed E-state index contributed by atoms with van der Waals surface area (Å²) in [4.78, 5) is 12.1. The van der Waals surface area contributed by atoms with Crippen molar-refractivity contribution in [1.29, 1.82) is 0 Å². The third-order valence-electron chi connectivity index (χ3n) is 4.20. The van der Waals surface area contributed by atoms with E-state index in [2.05, 4.69) is 5.32 Å². The van der Waals surface area contributed by atoms with E-state index < -0.39 is 10.0 Å². The summed E-state index contributed by atoms with van der Waals surface area (Å²) in [5.74, 6) is 0.386. The molecule has 1 amide bonds. The van der Waals surface area contributed by atoms with Crippen molar-refractivity contribution in [3.8, 4) is 5.75 Å². The number of nitrogens with zero attached hydrogens (tertiary/aromatic N) is 1. The fraction of sp³-hybridized carbons (Fsp3) is 0.316. The average molecular weight is 374 g/mol. The molecule has 1 aliphatic heterocycles. The Bertz CT molecular complexity index is 925. The third kappa shape index (κ3) is 4.35. The first-order valence-corrected chi connectivity index (χ1v) is 10.3. The molecule has 0 saturated heterocycles. The van der Waals surface area contributed by atoms with Crippen molar-refractivity contribution in [3.05, 3.63) is 53.6 Å². The van der Waals surface area contributed by atoms with Crippen LogP contribution in [0.2, 0.25) is 0 Å². The van der Waals surface area contributed by atoms with E-state index in [1.807, 2.05) is 31.2 Å². The van der Waals surface area contributed by atoms with Crippen LogP contribution in [0.25, 0.3) is 0 Å². The van der Waals surface area contributed by atoms with Crippen LogP contribution in [0.5, 0.6) is 5.75 Å². The lowest BCUT2D eigenvalue weighted by atomic mass is 10.0. The van der Waals surface area contributed by atoms with Crippen molar-refractivity contribution >= 4 is 27.3 Å². The highest BCUT2D eigenvalue weighted by Gasteiger charge is 2.24. The number of anilines is 2. The molecule has 0 radical (unpaired) electrons. The number of carbonyl (C=O) groups excluding carboxylic acids is 1. The number of fused-ring (bicyclic) bond motifs is 1. The van der Waals surface area contributed by atoms with E-state index in [1.165, 1.54) is 10.6 Å². The standard InChI is InChI=1S/C19H22N2O4S/c1-14-5-3-7-17(11-14)25-13-19(22)20-16-8-9-18-15(12-16)6-4-10-21(18)26(2,23)24/h3,5,7-9,11-12H,4,6,10,13H2,1-2H3,(H,20,22). The Morgan fingerprint density at radius 3 is 2.77 bits per heavy atom. The van der Waals surface area contributed by atoms with Gasteiger partial charge in [0.1, 0.15) is 5.75 Å². The molecule has 0 aromatic heterocycles. The van der Waals surface area contributed by atoms with E-state index in [0.717, 1.165) is 24.0 Å². The molecule has 0 atom stereocenters. The van der Waals surface area contributed by atoms with Crippen molar-refractivity contribution in [2.75, 3.05) is 29.0 Å². The number of amides is 1. The maximum absolute atomic E-state index is 12.1. The smallest absolute Gasteiger partial charge is 0.262 e. The summed E-state index contributed by atoms with van der Waals surface area (Å²) in [6.07, 6.45) is 2.75. The molecule has 0 fully saturated rings. The van der Waals surface area contributed by atoms with Crippen LogP contribution in [0.1, 0.15) is 17.5 Å². The van der Waals surface area contributed by atoms with Gasteiger partial charge in [-0.05, 0) is 61.2 Å². The largest absolute Gasteiger partial charge is 0.484 e. The monoisotopic (exact) mass is 374 g/mol. The van der Waals surface area contributed by atoms with E-state index in [9.17, 15) is 13.2 Å². The molecule has 0 saturated carbocycles. The normalized spacial score (nSPS) is 13.8. The van der Waals surface area contributed by atoms with Crippen LogP contribution in [0.3, 0.4) is 0 Å². The minimum absolute atomic E-state index is 0.0873. The summed E-state index contributed by atoms with van der Waals surface area (Å²) in [7, 11) is -3.29. The van der Waals surface area contributed by atoms with Gasteiger partial charge in [0.05, 0.1) is 11.9 Å². The number of hydrogen-bond acceptors (Lipinski definition) is 4. The summed E-state index contributed by atoms with van der Waals surface area (Å²) >= 11 is 0. The first-order chi connectivity index (χ1) is 12.3. The Hall–Kier alpha value is -2.54. The number of nitrogens with one attached hydrogen (secondary N) is 1. The number of rotatable bonds is 5. The van der Waals surface area contributed by atoms with E-state index in [-0.39, 0.29) is 12.5 Å². The topological polar surface area (TPSA) is 75.7 Å². The molecule has 138 valence electrons. The second kappa shape index (κ2) is 7.37. The predicted molar refractivity (Wildman–Crippen MR) is 102 cm³/mol. The van der Waals surface area contributed by atoms with Crippen molar-refractivity contribution in [3.63, 3.8) is 0 Å². The zero-order chi connectivity index (χ0) is 18.7. The van der Waals surface area contributed by atoms with Crippen LogP contribution in [0.15, 0.2) is 42.5 Å². The zero-order valence-corrected chi connectivity index (χ0v) is 15.7. The van der Waals surface area contributed by atoms with Crippen LogP contribution in [0, 0.1) is 6.92 Å². The highest BCUT2D eigenvalue weighted by Crippen LogP contribution is 2.31. The van der Waals surface area contributed by atoms with Gasteiger partial charge in [-0.1, -0.05) is 12.1 Å². The molecule has 0 bridgehead atoms. The Balaban J connectivity index is 1.66. The predicted octanol–water partition coefficient (Wildman–Crippen LogP) is 2.72. The number of benzene rings is 2. The third-order valence-corrected chi connectivity index (χ3v) is 5.38. The minimum atomic E-state index is -3.29. The van der Waals surface area contributed by atoms with Crippen LogP contribution >= 0.6 is 0 Å². The molecule has 6 nitrogen and oxygen atoms in total. The molecule has 1 N–H and O–H groups in total. The fourth-order valence-electron chi connectivity index (χ4n) is 3.04. The van der Waals surface area contributed by atoms with E-state index in [0.29, 0.717) is 23.7 Å². The second-order valence-corrected chi connectivity index (χ2v) is 8.34. The SMILES string of the molecule is Cc1cccc(OCC(=O)Nc2ccc3c(c2)CCCN3S(C)(=O)=O)c1.